The molecule has 0 bridgehead atoms. The predicted molar refractivity (Wildman–Crippen MR) is 58.4 cm³/mol. The minimum Gasteiger partial charge on any atom is -0.479 e. The van der Waals surface area contributed by atoms with Gasteiger partial charge in [-0.2, -0.15) is 0 Å². The third kappa shape index (κ3) is 2.63. The van der Waals surface area contributed by atoms with Gasteiger partial charge in [-0.05, 0) is 28.7 Å². The Balaban J connectivity index is 3.22. The zero-order valence-electron chi connectivity index (χ0n) is 7.25. The highest BCUT2D eigenvalue weighted by atomic mass is 127. The van der Waals surface area contributed by atoms with Crippen molar-refractivity contribution in [2.75, 3.05) is 0 Å². The molecule has 2 N–H and O–H groups in total. The van der Waals surface area contributed by atoms with Crippen LogP contribution in [0.2, 0.25) is 0 Å². The molecule has 0 aliphatic rings. The molecule has 80 valence electrons. The monoisotopic (exact) mass is 323 g/mol. The van der Waals surface area contributed by atoms with Gasteiger partial charge in [0.15, 0.2) is 6.10 Å². The van der Waals surface area contributed by atoms with Gasteiger partial charge in [-0.3, -0.25) is 10.1 Å². The summed E-state index contributed by atoms with van der Waals surface area (Å²) in [6, 6.07) is 3.70. The molecule has 1 aromatic carbocycles. The Hall–Kier alpha value is -1.22. The first-order valence-electron chi connectivity index (χ1n) is 3.78. The van der Waals surface area contributed by atoms with Crippen LogP contribution in [-0.2, 0) is 4.79 Å². The molecule has 0 radical (unpaired) electrons. The van der Waals surface area contributed by atoms with Gasteiger partial charge >= 0.3 is 5.97 Å². The van der Waals surface area contributed by atoms with E-state index in [1.807, 2.05) is 0 Å². The molecule has 6 nitrogen and oxygen atoms in total. The number of nitro groups is 1. The summed E-state index contributed by atoms with van der Waals surface area (Å²) in [5, 5.41) is 28.3. The number of aliphatic hydroxyl groups excluding tert-OH is 1. The Morgan fingerprint density at radius 3 is 2.60 bits per heavy atom. The number of carboxylic acids is 1. The molecular formula is C8H6INO5. The lowest BCUT2D eigenvalue weighted by Gasteiger charge is -2.07. The van der Waals surface area contributed by atoms with Gasteiger partial charge in [-0.1, -0.05) is 0 Å². The fourth-order valence-corrected chi connectivity index (χ4v) is 1.62. The summed E-state index contributed by atoms with van der Waals surface area (Å²) in [5.74, 6) is -1.44. The molecule has 1 aromatic rings. The van der Waals surface area contributed by atoms with Crippen molar-refractivity contribution in [2.24, 2.45) is 0 Å². The first kappa shape index (κ1) is 11.9. The third-order valence-corrected chi connectivity index (χ3v) is 2.70. The number of halogens is 1. The van der Waals surface area contributed by atoms with Gasteiger partial charge in [-0.25, -0.2) is 4.79 Å². The summed E-state index contributed by atoms with van der Waals surface area (Å²) in [6.45, 7) is 0. The second-order valence-corrected chi connectivity index (χ2v) is 3.87. The van der Waals surface area contributed by atoms with Crippen LogP contribution in [0, 0.1) is 13.7 Å². The molecule has 1 rings (SSSR count). The SMILES string of the molecule is O=C(O)C(O)c1cc([N+](=O)[O-])ccc1I. The molecule has 0 aliphatic heterocycles. The summed E-state index contributed by atoms with van der Waals surface area (Å²) in [5.41, 5.74) is -0.219. The van der Waals surface area contributed by atoms with E-state index in [1.54, 1.807) is 22.6 Å². The van der Waals surface area contributed by atoms with Gasteiger partial charge in [0.2, 0.25) is 0 Å². The van der Waals surface area contributed by atoms with Crippen molar-refractivity contribution in [3.8, 4) is 0 Å². The number of nitro benzene ring substituents is 1. The van der Waals surface area contributed by atoms with Crippen molar-refractivity contribution in [2.45, 2.75) is 6.10 Å². The Morgan fingerprint density at radius 2 is 2.13 bits per heavy atom. The molecule has 7 heteroatoms. The van der Waals surface area contributed by atoms with E-state index in [2.05, 4.69) is 0 Å². The van der Waals surface area contributed by atoms with E-state index in [4.69, 9.17) is 5.11 Å². The largest absolute Gasteiger partial charge is 0.479 e. The zero-order chi connectivity index (χ0) is 11.6. The number of carboxylic acid groups (broad SMARTS) is 1. The molecule has 0 heterocycles. The zero-order valence-corrected chi connectivity index (χ0v) is 9.41. The van der Waals surface area contributed by atoms with Gasteiger partial charge in [-0.15, -0.1) is 0 Å². The number of aliphatic carboxylic acids is 1. The van der Waals surface area contributed by atoms with Crippen LogP contribution in [0.15, 0.2) is 18.2 Å². The van der Waals surface area contributed by atoms with Crippen LogP contribution in [0.25, 0.3) is 0 Å². The maximum atomic E-state index is 10.5. The summed E-state index contributed by atoms with van der Waals surface area (Å²) in [7, 11) is 0. The average Bonchev–Trinajstić information content (AvgIpc) is 2.16. The van der Waals surface area contributed by atoms with Crippen molar-refractivity contribution in [3.63, 3.8) is 0 Å². The molecule has 0 spiro atoms. The lowest BCUT2D eigenvalue weighted by atomic mass is 10.1. The van der Waals surface area contributed by atoms with E-state index in [9.17, 15) is 20.0 Å². The van der Waals surface area contributed by atoms with Crippen LogP contribution in [0.1, 0.15) is 11.7 Å². The van der Waals surface area contributed by atoms with E-state index >= 15 is 0 Å². The van der Waals surface area contributed by atoms with Gasteiger partial charge in [0, 0.05) is 21.3 Å². The van der Waals surface area contributed by atoms with Crippen LogP contribution in [0.5, 0.6) is 0 Å². The number of nitrogens with zero attached hydrogens (tertiary/aromatic N) is 1. The topological polar surface area (TPSA) is 101 Å². The molecule has 0 fully saturated rings. The Morgan fingerprint density at radius 1 is 1.53 bits per heavy atom. The van der Waals surface area contributed by atoms with E-state index in [1.165, 1.54) is 12.1 Å². The molecule has 15 heavy (non-hydrogen) atoms. The van der Waals surface area contributed by atoms with E-state index in [-0.39, 0.29) is 11.3 Å². The Kier molecular flexibility index (Phi) is 3.58. The molecule has 0 aliphatic carbocycles. The first-order valence-corrected chi connectivity index (χ1v) is 4.86. The van der Waals surface area contributed by atoms with Crippen molar-refractivity contribution in [1.29, 1.82) is 0 Å². The minimum absolute atomic E-state index is 0.0253. The van der Waals surface area contributed by atoms with Crippen LogP contribution < -0.4 is 0 Å². The number of non-ortho nitro benzene ring substituents is 1. The number of aliphatic hydroxyl groups is 1. The smallest absolute Gasteiger partial charge is 0.337 e. The number of hydrogen-bond donors (Lipinski definition) is 2. The first-order chi connectivity index (χ1) is 6.93. The Labute approximate surface area is 97.8 Å². The average molecular weight is 323 g/mol. The molecule has 0 saturated heterocycles. The van der Waals surface area contributed by atoms with Crippen molar-refractivity contribution in [3.05, 3.63) is 37.4 Å². The van der Waals surface area contributed by atoms with Crippen LogP contribution in [0.3, 0.4) is 0 Å². The third-order valence-electron chi connectivity index (χ3n) is 1.72. The van der Waals surface area contributed by atoms with Crippen LogP contribution >= 0.6 is 22.6 Å². The number of carbonyl (C=O) groups is 1. The van der Waals surface area contributed by atoms with Gasteiger partial charge < -0.3 is 10.2 Å². The fourth-order valence-electron chi connectivity index (χ4n) is 0.987. The second-order valence-electron chi connectivity index (χ2n) is 2.70. The molecule has 0 saturated carbocycles. The normalized spacial score (nSPS) is 12.1. The summed E-state index contributed by atoms with van der Waals surface area (Å²) in [6.07, 6.45) is -1.74. The maximum absolute atomic E-state index is 10.5. The van der Waals surface area contributed by atoms with Crippen molar-refractivity contribution < 1.29 is 19.9 Å². The van der Waals surface area contributed by atoms with Gasteiger partial charge in [0.1, 0.15) is 0 Å². The minimum atomic E-state index is -1.74. The second kappa shape index (κ2) is 4.53. The van der Waals surface area contributed by atoms with Crippen molar-refractivity contribution >= 4 is 34.2 Å². The highest BCUT2D eigenvalue weighted by Crippen LogP contribution is 2.25. The molecule has 0 aromatic heterocycles. The number of rotatable bonds is 3. The Bertz CT molecular complexity index is 419. The quantitative estimate of drug-likeness (QED) is 0.496. The van der Waals surface area contributed by atoms with Crippen LogP contribution in [-0.4, -0.2) is 21.1 Å². The predicted octanol–water partition coefficient (Wildman–Crippen LogP) is 1.32. The van der Waals surface area contributed by atoms with E-state index < -0.39 is 17.0 Å². The summed E-state index contributed by atoms with van der Waals surface area (Å²) in [4.78, 5) is 20.3. The molecule has 1 unspecified atom stereocenters. The van der Waals surface area contributed by atoms with E-state index in [0.717, 1.165) is 6.07 Å². The maximum Gasteiger partial charge on any atom is 0.337 e. The molecular weight excluding hydrogens is 317 g/mol. The summed E-state index contributed by atoms with van der Waals surface area (Å²) < 4.78 is 0.466. The standard InChI is InChI=1S/C8H6INO5/c9-6-2-1-4(10(14)15)3-5(6)7(11)8(12)13/h1-3,7,11H,(H,12,13). The fraction of sp³-hybridized carbons (Fsp3) is 0.125. The highest BCUT2D eigenvalue weighted by Gasteiger charge is 2.21. The van der Waals surface area contributed by atoms with Crippen molar-refractivity contribution in [1.82, 2.24) is 0 Å². The summed E-state index contributed by atoms with van der Waals surface area (Å²) >= 11 is 1.80. The lowest BCUT2D eigenvalue weighted by Crippen LogP contribution is -2.12. The van der Waals surface area contributed by atoms with E-state index in [0.29, 0.717) is 3.57 Å². The number of benzene rings is 1. The molecule has 0 amide bonds. The lowest BCUT2D eigenvalue weighted by molar-refractivity contribution is -0.385. The van der Waals surface area contributed by atoms with Gasteiger partial charge in [0.05, 0.1) is 4.92 Å². The number of hydrogen-bond acceptors (Lipinski definition) is 4. The van der Waals surface area contributed by atoms with Crippen LogP contribution in [0.4, 0.5) is 5.69 Å². The van der Waals surface area contributed by atoms with Gasteiger partial charge in [0.25, 0.3) is 5.69 Å². The highest BCUT2D eigenvalue weighted by molar-refractivity contribution is 14.1. The molecule has 1 atom stereocenters.